The summed E-state index contributed by atoms with van der Waals surface area (Å²) in [5.41, 5.74) is 13.3. The van der Waals surface area contributed by atoms with Crippen molar-refractivity contribution in [1.29, 1.82) is 0 Å². The maximum Gasteiger partial charge on any atom is 0.224 e. The number of unbranched alkanes of at least 4 members (excludes halogenated alkanes) is 13. The lowest BCUT2D eigenvalue weighted by molar-refractivity contribution is -0.253. The van der Waals surface area contributed by atoms with Gasteiger partial charge in [-0.3, -0.25) is 9.59 Å². The van der Waals surface area contributed by atoms with Crippen LogP contribution < -0.4 is 16.4 Å². The largest absolute Gasteiger partial charge is 0.397 e. The van der Waals surface area contributed by atoms with Crippen molar-refractivity contribution in [2.24, 2.45) is 0 Å². The molecule has 0 radical (unpaired) electrons. The van der Waals surface area contributed by atoms with Crippen molar-refractivity contribution < 1.29 is 24.2 Å². The van der Waals surface area contributed by atoms with Crippen molar-refractivity contribution in [2.45, 2.75) is 167 Å². The Morgan fingerprint density at radius 1 is 0.656 bits per heavy atom. The maximum atomic E-state index is 12.9. The van der Waals surface area contributed by atoms with Gasteiger partial charge in [0.25, 0.3) is 0 Å². The molecule has 0 bridgehead atoms. The Morgan fingerprint density at radius 2 is 1.23 bits per heavy atom. The standard InChI is InChI=1S/C55H78N4O5/c1-3-5-7-9-13-21-37-59(38-22-14-10-8-6-4-2)41-48-39-52(45-31-29-43(42-60)30-32-45)64-55(63-48)46-35-33-44(34-36-46)49-24-18-17-23-47(49)40-57-53(61)27-15-11-12-16-28-54(62)58-51-26-20-19-25-50(51)56/h17-20,23-26,29-36,48,52,55,60H,3-16,21-22,27-28,37-42,56H2,1-2H3,(H,57,61)(H,58,62)/t48-,52+,55+/m0/s1. The van der Waals surface area contributed by atoms with E-state index in [1.54, 1.807) is 12.1 Å². The second-order valence-corrected chi connectivity index (χ2v) is 17.8. The predicted molar refractivity (Wildman–Crippen MR) is 263 cm³/mol. The molecular formula is C55H78N4O5. The van der Waals surface area contributed by atoms with Crippen molar-refractivity contribution in [1.82, 2.24) is 10.2 Å². The molecule has 1 aliphatic rings. The zero-order valence-electron chi connectivity index (χ0n) is 39.0. The van der Waals surface area contributed by atoms with Crippen LogP contribution in [0, 0.1) is 0 Å². The second kappa shape index (κ2) is 29.1. The molecule has 1 fully saturated rings. The van der Waals surface area contributed by atoms with Gasteiger partial charge in [-0.1, -0.05) is 176 Å². The van der Waals surface area contributed by atoms with Crippen LogP contribution in [0.4, 0.5) is 11.4 Å². The van der Waals surface area contributed by atoms with Gasteiger partial charge >= 0.3 is 0 Å². The molecule has 0 spiro atoms. The summed E-state index contributed by atoms with van der Waals surface area (Å²) >= 11 is 0. The number of amides is 2. The first-order valence-electron chi connectivity index (χ1n) is 24.7. The van der Waals surface area contributed by atoms with E-state index in [4.69, 9.17) is 15.2 Å². The number of anilines is 2. The fourth-order valence-corrected chi connectivity index (χ4v) is 8.65. The molecule has 3 atom stereocenters. The average Bonchev–Trinajstić information content (AvgIpc) is 3.32. The molecule has 0 unspecified atom stereocenters. The summed E-state index contributed by atoms with van der Waals surface area (Å²) in [5.74, 6) is -0.0140. The van der Waals surface area contributed by atoms with Crippen LogP contribution in [-0.2, 0) is 32.2 Å². The number of aliphatic hydroxyl groups is 1. The fourth-order valence-electron chi connectivity index (χ4n) is 8.65. The number of rotatable bonds is 30. The molecule has 0 saturated carbocycles. The monoisotopic (exact) mass is 875 g/mol. The van der Waals surface area contributed by atoms with E-state index in [2.05, 4.69) is 77.9 Å². The highest BCUT2D eigenvalue weighted by Gasteiger charge is 2.33. The summed E-state index contributed by atoms with van der Waals surface area (Å²) < 4.78 is 13.6. The molecule has 4 aromatic carbocycles. The lowest BCUT2D eigenvalue weighted by Gasteiger charge is -2.38. The number of hydrogen-bond donors (Lipinski definition) is 4. The van der Waals surface area contributed by atoms with Crippen LogP contribution in [0.1, 0.15) is 170 Å². The Labute approximate surface area is 384 Å². The third-order valence-electron chi connectivity index (χ3n) is 12.5. The Hall–Kier alpha value is -4.54. The topological polar surface area (TPSA) is 126 Å². The number of hydrogen-bond acceptors (Lipinski definition) is 7. The van der Waals surface area contributed by atoms with Gasteiger partial charge in [-0.2, -0.15) is 0 Å². The van der Waals surface area contributed by atoms with Crippen LogP contribution in [0.5, 0.6) is 0 Å². The Bertz CT molecular complexity index is 1900. The van der Waals surface area contributed by atoms with Crippen LogP contribution in [0.15, 0.2) is 97.1 Å². The number of para-hydroxylation sites is 2. The van der Waals surface area contributed by atoms with Gasteiger partial charge in [-0.25, -0.2) is 0 Å². The Morgan fingerprint density at radius 3 is 1.89 bits per heavy atom. The van der Waals surface area contributed by atoms with Crippen LogP contribution in [0.3, 0.4) is 0 Å². The number of nitrogen functional groups attached to an aromatic ring is 1. The van der Waals surface area contributed by atoms with Crippen molar-refractivity contribution in [3.63, 3.8) is 0 Å². The molecule has 0 aromatic heterocycles. The highest BCUT2D eigenvalue weighted by molar-refractivity contribution is 5.93. The van der Waals surface area contributed by atoms with Crippen molar-refractivity contribution >= 4 is 23.2 Å². The van der Waals surface area contributed by atoms with E-state index in [-0.39, 0.29) is 30.6 Å². The SMILES string of the molecule is CCCCCCCCN(CCCCCCCC)C[C@@H]1C[C@H](c2ccc(CO)cc2)O[C@H](c2ccc(-c3ccccc3CNC(=O)CCCCCCC(=O)Nc3ccccc3N)cc2)O1. The third kappa shape index (κ3) is 17.8. The highest BCUT2D eigenvalue weighted by atomic mass is 16.7. The first-order valence-corrected chi connectivity index (χ1v) is 24.7. The van der Waals surface area contributed by atoms with E-state index >= 15 is 0 Å². The summed E-state index contributed by atoms with van der Waals surface area (Å²) in [6.45, 7) is 8.11. The number of nitrogens with two attached hydrogens (primary N) is 1. The van der Waals surface area contributed by atoms with E-state index < -0.39 is 6.29 Å². The molecular weight excluding hydrogens is 797 g/mol. The summed E-state index contributed by atoms with van der Waals surface area (Å²) in [4.78, 5) is 27.9. The summed E-state index contributed by atoms with van der Waals surface area (Å²) in [6.07, 6.45) is 19.8. The summed E-state index contributed by atoms with van der Waals surface area (Å²) in [5, 5.41) is 15.7. The van der Waals surface area contributed by atoms with Gasteiger partial charge < -0.3 is 35.8 Å². The van der Waals surface area contributed by atoms with E-state index in [9.17, 15) is 14.7 Å². The van der Waals surface area contributed by atoms with Gasteiger partial charge in [0.15, 0.2) is 6.29 Å². The van der Waals surface area contributed by atoms with E-state index in [0.717, 1.165) is 85.1 Å². The first-order chi connectivity index (χ1) is 31.4. The van der Waals surface area contributed by atoms with Crippen LogP contribution >= 0.6 is 0 Å². The van der Waals surface area contributed by atoms with Crippen molar-refractivity contribution in [2.75, 3.05) is 30.7 Å². The number of nitrogens with zero attached hydrogens (tertiary/aromatic N) is 1. The minimum absolute atomic E-state index is 0.0113. The molecule has 1 heterocycles. The number of nitrogens with one attached hydrogen (secondary N) is 2. The zero-order chi connectivity index (χ0) is 45.2. The van der Waals surface area contributed by atoms with E-state index in [1.165, 1.54) is 77.0 Å². The smallest absolute Gasteiger partial charge is 0.224 e. The van der Waals surface area contributed by atoms with Crippen LogP contribution in [0.2, 0.25) is 0 Å². The molecule has 1 aliphatic heterocycles. The van der Waals surface area contributed by atoms with Crippen LogP contribution in [0.25, 0.3) is 11.1 Å². The molecule has 9 heteroatoms. The van der Waals surface area contributed by atoms with Gasteiger partial charge in [-0.05, 0) is 78.7 Å². The molecule has 0 aliphatic carbocycles. The number of carbonyl (C=O) groups is 2. The third-order valence-corrected chi connectivity index (χ3v) is 12.5. The van der Waals surface area contributed by atoms with Gasteiger partial charge in [0.05, 0.1) is 30.2 Å². The normalized spacial score (nSPS) is 16.2. The summed E-state index contributed by atoms with van der Waals surface area (Å²) in [6, 6.07) is 32.2. The molecule has 2 amide bonds. The highest BCUT2D eigenvalue weighted by Crippen LogP contribution is 2.39. The minimum atomic E-state index is -0.513. The molecule has 4 aromatic rings. The zero-order valence-corrected chi connectivity index (χ0v) is 39.0. The van der Waals surface area contributed by atoms with E-state index in [0.29, 0.717) is 30.8 Å². The molecule has 9 nitrogen and oxygen atoms in total. The second-order valence-electron chi connectivity index (χ2n) is 17.8. The summed E-state index contributed by atoms with van der Waals surface area (Å²) in [7, 11) is 0. The molecule has 5 N–H and O–H groups in total. The Balaban J connectivity index is 1.16. The predicted octanol–water partition coefficient (Wildman–Crippen LogP) is 12.6. The Kier molecular flexibility index (Phi) is 22.9. The lowest BCUT2D eigenvalue weighted by atomic mass is 9.97. The molecule has 348 valence electrons. The lowest BCUT2D eigenvalue weighted by Crippen LogP contribution is -2.40. The van der Waals surface area contributed by atoms with E-state index in [1.807, 2.05) is 36.4 Å². The number of ether oxygens (including phenoxy) is 2. The number of benzene rings is 4. The molecule has 5 rings (SSSR count). The first kappa shape index (κ1) is 50.5. The van der Waals surface area contributed by atoms with Crippen molar-refractivity contribution in [3.8, 4) is 11.1 Å². The minimum Gasteiger partial charge on any atom is -0.397 e. The van der Waals surface area contributed by atoms with Crippen molar-refractivity contribution in [3.05, 3.63) is 119 Å². The maximum absolute atomic E-state index is 12.9. The van der Waals surface area contributed by atoms with Gasteiger partial charge in [-0.15, -0.1) is 0 Å². The molecule has 64 heavy (non-hydrogen) atoms. The average molecular weight is 875 g/mol. The van der Waals surface area contributed by atoms with Gasteiger partial charge in [0, 0.05) is 37.9 Å². The quantitative estimate of drug-likeness (QED) is 0.0304. The van der Waals surface area contributed by atoms with Crippen LogP contribution in [-0.4, -0.2) is 47.6 Å². The molecule has 1 saturated heterocycles. The fraction of sp³-hybridized carbons (Fsp3) is 0.527. The number of aliphatic hydroxyl groups excluding tert-OH is 1. The van der Waals surface area contributed by atoms with Gasteiger partial charge in [0.1, 0.15) is 0 Å². The number of carbonyl (C=O) groups excluding carboxylic acids is 2. The van der Waals surface area contributed by atoms with Gasteiger partial charge in [0.2, 0.25) is 11.8 Å².